The van der Waals surface area contributed by atoms with Crippen molar-refractivity contribution in [2.75, 3.05) is 14.2 Å². The highest BCUT2D eigenvalue weighted by Gasteiger charge is 2.75. The summed E-state index contributed by atoms with van der Waals surface area (Å²) < 4.78 is 21.0. The van der Waals surface area contributed by atoms with Gasteiger partial charge in [-0.25, -0.2) is 4.79 Å². The van der Waals surface area contributed by atoms with Crippen LogP contribution in [0.25, 0.3) is 0 Å². The Labute approximate surface area is 256 Å². The molecule has 0 spiro atoms. The molecule has 1 heterocycles. The third-order valence-corrected chi connectivity index (χ3v) is 10.8. The van der Waals surface area contributed by atoms with E-state index in [2.05, 4.69) is 0 Å². The highest BCUT2D eigenvalue weighted by atomic mass is 16.6. The molecule has 1 aromatic heterocycles. The molecule has 0 amide bonds. The molecular weight excluding hydrogens is 572 g/mol. The second-order valence-electron chi connectivity index (χ2n) is 13.3. The maximum absolute atomic E-state index is 14.6. The fraction of sp³-hybridized carbons (Fsp3) is 0.606. The lowest BCUT2D eigenvalue weighted by Crippen LogP contribution is -2.75. The lowest BCUT2D eigenvalue weighted by atomic mass is 9.39. The normalized spacial score (nSPS) is 36.0. The van der Waals surface area contributed by atoms with Gasteiger partial charge in [-0.2, -0.15) is 0 Å². The average molecular weight is 615 g/mol. The first kappa shape index (κ1) is 33.3. The van der Waals surface area contributed by atoms with Crippen molar-refractivity contribution < 1.29 is 52.8 Å². The highest BCUT2D eigenvalue weighted by Crippen LogP contribution is 2.67. The molecule has 240 valence electrons. The van der Waals surface area contributed by atoms with Crippen molar-refractivity contribution in [3.8, 4) is 0 Å². The van der Waals surface area contributed by atoms with E-state index in [0.29, 0.717) is 0 Å². The lowest BCUT2D eigenvalue weighted by Gasteiger charge is -2.65. The zero-order valence-corrected chi connectivity index (χ0v) is 26.5. The van der Waals surface area contributed by atoms with E-state index >= 15 is 0 Å². The van der Waals surface area contributed by atoms with Gasteiger partial charge in [-0.05, 0) is 63.2 Å². The monoisotopic (exact) mass is 614 g/mol. The first-order valence-electron chi connectivity index (χ1n) is 14.7. The summed E-state index contributed by atoms with van der Waals surface area (Å²) in [5.74, 6) is -5.07. The number of ketones is 2. The molecule has 2 bridgehead atoms. The van der Waals surface area contributed by atoms with Crippen LogP contribution in [-0.2, 0) is 33.4 Å². The first-order chi connectivity index (χ1) is 20.4. The SMILES string of the molecule is CC=C(C)C(=O)OC1C2(O)C=C3C(CCC(C)(C(=O)c4ccoc4)C3(O)CC(=O)OC)C(C)(C2=O)C(CC(=O)OC)C1(C)C. The standard InChI is InChI=1S/C33H42O11/c1-9-18(2)26(37)44-28-29(3,4)22(14-23(34)41-7)31(6)20-10-12-30(5,25(36)19-11-13-43-17-19)33(40,16-24(35)42-8)21(20)15-32(28,39)27(31)38/h9,11,13,15,17,20,22,28,39-40H,10,12,14,16H2,1-8H3. The van der Waals surface area contributed by atoms with E-state index in [1.54, 1.807) is 27.7 Å². The number of fused-ring (bicyclic) bond motifs is 4. The average Bonchev–Trinajstić information content (AvgIpc) is 3.53. The topological polar surface area (TPSA) is 167 Å². The van der Waals surface area contributed by atoms with Gasteiger partial charge in [-0.15, -0.1) is 0 Å². The number of esters is 3. The van der Waals surface area contributed by atoms with Crippen LogP contribution < -0.4 is 0 Å². The minimum atomic E-state index is -2.48. The third kappa shape index (κ3) is 4.58. The van der Waals surface area contributed by atoms with Crippen molar-refractivity contribution in [1.82, 2.24) is 0 Å². The number of aliphatic hydroxyl groups is 2. The van der Waals surface area contributed by atoms with Gasteiger partial charge in [-0.1, -0.05) is 26.8 Å². The van der Waals surface area contributed by atoms with Gasteiger partial charge in [0.05, 0.1) is 37.9 Å². The zero-order valence-electron chi connectivity index (χ0n) is 26.5. The predicted octanol–water partition coefficient (Wildman–Crippen LogP) is 3.52. The van der Waals surface area contributed by atoms with E-state index in [1.165, 1.54) is 51.7 Å². The fourth-order valence-electron chi connectivity index (χ4n) is 8.13. The molecule has 4 rings (SSSR count). The molecule has 7 atom stereocenters. The van der Waals surface area contributed by atoms with Crippen LogP contribution in [0, 0.1) is 28.1 Å². The van der Waals surface area contributed by atoms with Crippen molar-refractivity contribution in [2.45, 2.75) is 84.5 Å². The van der Waals surface area contributed by atoms with Crippen LogP contribution in [0.5, 0.6) is 0 Å². The molecule has 0 aliphatic heterocycles. The molecule has 7 unspecified atom stereocenters. The zero-order chi connectivity index (χ0) is 33.0. The van der Waals surface area contributed by atoms with Gasteiger partial charge in [0.2, 0.25) is 0 Å². The van der Waals surface area contributed by atoms with Crippen LogP contribution >= 0.6 is 0 Å². The van der Waals surface area contributed by atoms with Gasteiger partial charge in [0.15, 0.2) is 17.2 Å². The van der Waals surface area contributed by atoms with Crippen molar-refractivity contribution in [3.05, 3.63) is 47.5 Å². The van der Waals surface area contributed by atoms with Crippen molar-refractivity contribution in [2.24, 2.45) is 28.1 Å². The Kier molecular flexibility index (Phi) is 8.41. The quantitative estimate of drug-likeness (QED) is 0.145. The van der Waals surface area contributed by atoms with E-state index in [-0.39, 0.29) is 36.0 Å². The maximum atomic E-state index is 14.6. The van der Waals surface area contributed by atoms with Crippen LogP contribution in [0.2, 0.25) is 0 Å². The minimum absolute atomic E-state index is 0.0537. The number of methoxy groups -OCH3 is 2. The molecule has 44 heavy (non-hydrogen) atoms. The summed E-state index contributed by atoms with van der Waals surface area (Å²) in [5, 5.41) is 25.1. The first-order valence-corrected chi connectivity index (χ1v) is 14.7. The van der Waals surface area contributed by atoms with Gasteiger partial charge >= 0.3 is 17.9 Å². The Balaban J connectivity index is 2.04. The smallest absolute Gasteiger partial charge is 0.333 e. The molecular formula is C33H42O11. The molecule has 2 saturated carbocycles. The number of Topliss-reactive ketones (excluding diaryl/α,β-unsaturated/α-hetero) is 2. The molecule has 0 saturated heterocycles. The van der Waals surface area contributed by atoms with E-state index in [0.717, 1.165) is 7.11 Å². The number of hydrogen-bond donors (Lipinski definition) is 2. The molecule has 3 aliphatic carbocycles. The van der Waals surface area contributed by atoms with Gasteiger partial charge in [-0.3, -0.25) is 19.2 Å². The van der Waals surface area contributed by atoms with E-state index in [4.69, 9.17) is 18.6 Å². The number of furan rings is 1. The summed E-state index contributed by atoms with van der Waals surface area (Å²) in [6.07, 6.45) is 3.08. The molecule has 0 radical (unpaired) electrons. The highest BCUT2D eigenvalue weighted by molar-refractivity contribution is 6.03. The van der Waals surface area contributed by atoms with Crippen molar-refractivity contribution in [3.63, 3.8) is 0 Å². The number of rotatable bonds is 8. The minimum Gasteiger partial charge on any atom is -0.472 e. The molecule has 11 nitrogen and oxygen atoms in total. The second kappa shape index (κ2) is 11.1. The summed E-state index contributed by atoms with van der Waals surface area (Å²) in [6, 6.07) is 1.45. The van der Waals surface area contributed by atoms with E-state index in [1.807, 2.05) is 0 Å². The maximum Gasteiger partial charge on any atom is 0.333 e. The Bertz CT molecular complexity index is 1440. The molecule has 0 aromatic carbocycles. The summed E-state index contributed by atoms with van der Waals surface area (Å²) in [5.41, 5.74) is -8.58. The van der Waals surface area contributed by atoms with Crippen LogP contribution in [0.4, 0.5) is 0 Å². The molecule has 2 fully saturated rings. The van der Waals surface area contributed by atoms with Crippen LogP contribution in [0.15, 0.2) is 46.3 Å². The second-order valence-corrected chi connectivity index (χ2v) is 13.3. The number of carbonyl (C=O) groups excluding carboxylic acids is 5. The third-order valence-electron chi connectivity index (χ3n) is 10.8. The Morgan fingerprint density at radius 3 is 2.25 bits per heavy atom. The van der Waals surface area contributed by atoms with Crippen molar-refractivity contribution >= 4 is 29.5 Å². The number of carbonyl (C=O) groups is 5. The van der Waals surface area contributed by atoms with Crippen LogP contribution in [-0.4, -0.2) is 71.2 Å². The fourth-order valence-corrected chi connectivity index (χ4v) is 8.13. The van der Waals surface area contributed by atoms with Crippen LogP contribution in [0.1, 0.15) is 77.6 Å². The summed E-state index contributed by atoms with van der Waals surface area (Å²) in [6.45, 7) is 9.76. The number of hydrogen-bond acceptors (Lipinski definition) is 11. The summed E-state index contributed by atoms with van der Waals surface area (Å²) in [7, 11) is 2.37. The van der Waals surface area contributed by atoms with E-state index < -0.39 is 81.3 Å². The molecule has 1 aromatic rings. The summed E-state index contributed by atoms with van der Waals surface area (Å²) in [4.78, 5) is 67.5. The van der Waals surface area contributed by atoms with Gasteiger partial charge < -0.3 is 28.8 Å². The Morgan fingerprint density at radius 2 is 1.70 bits per heavy atom. The number of ether oxygens (including phenoxy) is 3. The van der Waals surface area contributed by atoms with Gasteiger partial charge in [0, 0.05) is 22.8 Å². The van der Waals surface area contributed by atoms with Gasteiger partial charge in [0.1, 0.15) is 18.0 Å². The van der Waals surface area contributed by atoms with Crippen molar-refractivity contribution in [1.29, 1.82) is 0 Å². The molecule has 11 heteroatoms. The number of allylic oxidation sites excluding steroid dienone is 1. The lowest BCUT2D eigenvalue weighted by molar-refractivity contribution is -0.224. The molecule has 3 aliphatic rings. The van der Waals surface area contributed by atoms with Crippen LogP contribution in [0.3, 0.4) is 0 Å². The predicted molar refractivity (Wildman–Crippen MR) is 155 cm³/mol. The largest absolute Gasteiger partial charge is 0.472 e. The Morgan fingerprint density at radius 1 is 1.07 bits per heavy atom. The van der Waals surface area contributed by atoms with E-state index in [9.17, 15) is 34.2 Å². The Hall–Kier alpha value is -3.57. The van der Waals surface area contributed by atoms with Gasteiger partial charge in [0.25, 0.3) is 0 Å². The molecule has 2 N–H and O–H groups in total. The summed E-state index contributed by atoms with van der Waals surface area (Å²) >= 11 is 0.